The fourth-order valence-electron chi connectivity index (χ4n) is 2.59. The number of hydrogen-bond acceptors (Lipinski definition) is 4. The first-order chi connectivity index (χ1) is 8.88. The Hall–Kier alpha value is -1.63. The molecule has 1 N–H and O–H groups in total. The number of carbonyl (C=O) groups excluding carboxylic acids is 3. The standard InChI is InChI=1S/C12H20N4O3/c1-8-4-15(5-9(2)13-8)10(17)7-16-11(18)6-14(3)12(16)19/h8-9,13H,4-7H2,1-3H3. The van der Waals surface area contributed by atoms with E-state index in [-0.39, 0.29) is 37.0 Å². The maximum atomic E-state index is 12.2. The van der Waals surface area contributed by atoms with E-state index >= 15 is 0 Å². The molecule has 7 heteroatoms. The number of likely N-dealkylation sites (N-methyl/N-ethyl adjacent to an activating group) is 1. The zero-order chi connectivity index (χ0) is 14.2. The van der Waals surface area contributed by atoms with E-state index in [1.165, 1.54) is 4.90 Å². The largest absolute Gasteiger partial charge is 0.338 e. The van der Waals surface area contributed by atoms with Crippen LogP contribution in [0.4, 0.5) is 4.79 Å². The SMILES string of the molecule is CC1CN(C(=O)CN2C(=O)CN(C)C2=O)CC(C)N1. The van der Waals surface area contributed by atoms with Gasteiger partial charge in [0.05, 0.1) is 0 Å². The molecule has 2 aliphatic heterocycles. The molecule has 0 bridgehead atoms. The molecular formula is C12H20N4O3. The molecule has 0 aromatic rings. The van der Waals surface area contributed by atoms with Gasteiger partial charge in [-0.3, -0.25) is 14.5 Å². The Morgan fingerprint density at radius 2 is 1.84 bits per heavy atom. The molecule has 7 nitrogen and oxygen atoms in total. The quantitative estimate of drug-likeness (QED) is 0.658. The molecule has 2 rings (SSSR count). The van der Waals surface area contributed by atoms with Crippen molar-refractivity contribution < 1.29 is 14.4 Å². The van der Waals surface area contributed by atoms with E-state index in [2.05, 4.69) is 5.32 Å². The number of carbonyl (C=O) groups is 3. The molecular weight excluding hydrogens is 248 g/mol. The molecule has 2 fully saturated rings. The van der Waals surface area contributed by atoms with E-state index in [4.69, 9.17) is 0 Å². The monoisotopic (exact) mass is 268 g/mol. The van der Waals surface area contributed by atoms with Crippen LogP contribution < -0.4 is 5.32 Å². The molecule has 0 aromatic heterocycles. The molecule has 0 aromatic carbocycles. The second-order valence-electron chi connectivity index (χ2n) is 5.39. The van der Waals surface area contributed by atoms with Gasteiger partial charge in [0.15, 0.2) is 0 Å². The molecule has 19 heavy (non-hydrogen) atoms. The number of hydrogen-bond donors (Lipinski definition) is 1. The molecule has 2 saturated heterocycles. The molecule has 0 spiro atoms. The van der Waals surface area contributed by atoms with Crippen molar-refractivity contribution in [1.82, 2.24) is 20.0 Å². The fraction of sp³-hybridized carbons (Fsp3) is 0.750. The summed E-state index contributed by atoms with van der Waals surface area (Å²) in [4.78, 5) is 39.6. The van der Waals surface area contributed by atoms with Crippen LogP contribution in [0.2, 0.25) is 0 Å². The summed E-state index contributed by atoms with van der Waals surface area (Å²) >= 11 is 0. The lowest BCUT2D eigenvalue weighted by molar-refractivity contribution is -0.137. The van der Waals surface area contributed by atoms with Gasteiger partial charge in [-0.25, -0.2) is 4.79 Å². The van der Waals surface area contributed by atoms with E-state index in [0.29, 0.717) is 13.1 Å². The summed E-state index contributed by atoms with van der Waals surface area (Å²) in [5.74, 6) is -0.478. The number of rotatable bonds is 2. The van der Waals surface area contributed by atoms with Crippen LogP contribution in [-0.4, -0.2) is 77.9 Å². The van der Waals surface area contributed by atoms with Crippen LogP contribution in [0.3, 0.4) is 0 Å². The molecule has 0 aliphatic carbocycles. The van der Waals surface area contributed by atoms with Crippen LogP contribution in [0, 0.1) is 0 Å². The Kier molecular flexibility index (Phi) is 3.75. The Morgan fingerprint density at radius 3 is 2.32 bits per heavy atom. The van der Waals surface area contributed by atoms with Crippen LogP contribution in [0.5, 0.6) is 0 Å². The first kappa shape index (κ1) is 13.8. The average molecular weight is 268 g/mol. The predicted octanol–water partition coefficient (Wildman–Crippen LogP) is -0.911. The predicted molar refractivity (Wildman–Crippen MR) is 68.4 cm³/mol. The van der Waals surface area contributed by atoms with E-state index in [1.807, 2.05) is 13.8 Å². The molecule has 2 atom stereocenters. The first-order valence-electron chi connectivity index (χ1n) is 6.47. The Balaban J connectivity index is 1.97. The van der Waals surface area contributed by atoms with Crippen molar-refractivity contribution in [1.29, 1.82) is 0 Å². The Morgan fingerprint density at radius 1 is 1.26 bits per heavy atom. The van der Waals surface area contributed by atoms with Crippen molar-refractivity contribution >= 4 is 17.8 Å². The lowest BCUT2D eigenvalue weighted by atomic mass is 10.1. The number of nitrogens with one attached hydrogen (secondary N) is 1. The van der Waals surface area contributed by atoms with Gasteiger partial charge in [-0.2, -0.15) is 0 Å². The van der Waals surface area contributed by atoms with E-state index in [9.17, 15) is 14.4 Å². The van der Waals surface area contributed by atoms with Crippen molar-refractivity contribution in [2.24, 2.45) is 0 Å². The zero-order valence-electron chi connectivity index (χ0n) is 11.5. The maximum absolute atomic E-state index is 12.2. The van der Waals surface area contributed by atoms with Crippen molar-refractivity contribution in [3.05, 3.63) is 0 Å². The number of imide groups is 1. The number of nitrogens with zero attached hydrogens (tertiary/aromatic N) is 3. The third-order valence-electron chi connectivity index (χ3n) is 3.43. The van der Waals surface area contributed by atoms with E-state index in [0.717, 1.165) is 4.90 Å². The summed E-state index contributed by atoms with van der Waals surface area (Å²) in [5, 5.41) is 3.33. The summed E-state index contributed by atoms with van der Waals surface area (Å²) in [6, 6.07) is 0.0512. The van der Waals surface area contributed by atoms with Crippen LogP contribution in [0.15, 0.2) is 0 Å². The Bertz CT molecular complexity index is 402. The lowest BCUT2D eigenvalue weighted by Crippen LogP contribution is -2.57. The third-order valence-corrected chi connectivity index (χ3v) is 3.43. The van der Waals surface area contributed by atoms with Crippen molar-refractivity contribution in [3.8, 4) is 0 Å². The molecule has 2 aliphatic rings. The van der Waals surface area contributed by atoms with Gasteiger partial charge in [0, 0.05) is 32.2 Å². The second kappa shape index (κ2) is 5.16. The van der Waals surface area contributed by atoms with Gasteiger partial charge < -0.3 is 15.1 Å². The Labute approximate surface area is 112 Å². The number of piperazine rings is 1. The topological polar surface area (TPSA) is 73.0 Å². The molecule has 106 valence electrons. The highest BCUT2D eigenvalue weighted by Gasteiger charge is 2.36. The molecule has 2 heterocycles. The molecule has 4 amide bonds. The normalized spacial score (nSPS) is 28.3. The minimum absolute atomic E-state index is 0.0560. The maximum Gasteiger partial charge on any atom is 0.327 e. The van der Waals surface area contributed by atoms with Gasteiger partial charge in [0.2, 0.25) is 5.91 Å². The third kappa shape index (κ3) is 2.86. The summed E-state index contributed by atoms with van der Waals surface area (Å²) in [5.41, 5.74) is 0. The minimum atomic E-state index is -0.394. The van der Waals surface area contributed by atoms with Gasteiger partial charge in [-0.1, -0.05) is 0 Å². The smallest absolute Gasteiger partial charge is 0.327 e. The van der Waals surface area contributed by atoms with Gasteiger partial charge in [-0.05, 0) is 13.8 Å². The van der Waals surface area contributed by atoms with Crippen LogP contribution >= 0.6 is 0 Å². The van der Waals surface area contributed by atoms with Gasteiger partial charge in [0.25, 0.3) is 5.91 Å². The minimum Gasteiger partial charge on any atom is -0.338 e. The summed E-state index contributed by atoms with van der Waals surface area (Å²) in [7, 11) is 1.56. The summed E-state index contributed by atoms with van der Waals surface area (Å²) in [6.07, 6.45) is 0. The van der Waals surface area contributed by atoms with E-state index in [1.54, 1.807) is 11.9 Å². The van der Waals surface area contributed by atoms with Crippen LogP contribution in [0.25, 0.3) is 0 Å². The van der Waals surface area contributed by atoms with Crippen molar-refractivity contribution in [3.63, 3.8) is 0 Å². The number of amides is 4. The van der Waals surface area contributed by atoms with Gasteiger partial charge in [0.1, 0.15) is 13.1 Å². The van der Waals surface area contributed by atoms with Gasteiger partial charge >= 0.3 is 6.03 Å². The molecule has 2 unspecified atom stereocenters. The first-order valence-corrected chi connectivity index (χ1v) is 6.47. The van der Waals surface area contributed by atoms with Crippen LogP contribution in [0.1, 0.15) is 13.8 Å². The van der Waals surface area contributed by atoms with Gasteiger partial charge in [-0.15, -0.1) is 0 Å². The second-order valence-corrected chi connectivity index (χ2v) is 5.39. The molecule has 0 saturated carbocycles. The van der Waals surface area contributed by atoms with E-state index < -0.39 is 6.03 Å². The zero-order valence-corrected chi connectivity index (χ0v) is 11.5. The summed E-state index contributed by atoms with van der Waals surface area (Å²) < 4.78 is 0. The molecule has 0 radical (unpaired) electrons. The highest BCUT2D eigenvalue weighted by molar-refractivity contribution is 6.04. The number of urea groups is 1. The summed E-state index contributed by atoms with van der Waals surface area (Å²) in [6.45, 7) is 5.14. The highest BCUT2D eigenvalue weighted by Crippen LogP contribution is 2.10. The fourth-order valence-corrected chi connectivity index (χ4v) is 2.59. The lowest BCUT2D eigenvalue weighted by Gasteiger charge is -2.36. The van der Waals surface area contributed by atoms with Crippen molar-refractivity contribution in [2.45, 2.75) is 25.9 Å². The average Bonchev–Trinajstić information content (AvgIpc) is 2.54. The van der Waals surface area contributed by atoms with Crippen LogP contribution in [-0.2, 0) is 9.59 Å². The van der Waals surface area contributed by atoms with Crippen molar-refractivity contribution in [2.75, 3.05) is 33.2 Å². The highest BCUT2D eigenvalue weighted by atomic mass is 16.2.